The number of benzene rings is 2. The molecule has 162 valence electrons. The van der Waals surface area contributed by atoms with Crippen molar-refractivity contribution in [3.63, 3.8) is 0 Å². The van der Waals surface area contributed by atoms with Gasteiger partial charge in [-0.2, -0.15) is 4.98 Å². The minimum atomic E-state index is -4.06. The molecule has 2 aliphatic heterocycles. The summed E-state index contributed by atoms with van der Waals surface area (Å²) >= 11 is 0. The molecule has 1 saturated heterocycles. The third-order valence-electron chi connectivity index (χ3n) is 5.41. The Balaban J connectivity index is 1.63. The van der Waals surface area contributed by atoms with E-state index in [0.717, 1.165) is 19.3 Å². The van der Waals surface area contributed by atoms with Crippen LogP contribution in [0.15, 0.2) is 56.8 Å². The largest absolute Gasteiger partial charge is 0.486 e. The maximum absolute atomic E-state index is 14.4. The number of oxazole rings is 1. The van der Waals surface area contributed by atoms with Gasteiger partial charge in [0.05, 0.1) is 10.5 Å². The molecule has 0 radical (unpaired) electrons. The third-order valence-corrected chi connectivity index (χ3v) is 7.05. The molecule has 2 aromatic carbocycles. The molecule has 3 aromatic rings. The summed E-state index contributed by atoms with van der Waals surface area (Å²) in [5.74, 6) is 0.415. The minimum absolute atomic E-state index is 0.0170. The predicted molar refractivity (Wildman–Crippen MR) is 111 cm³/mol. The normalized spacial score (nSPS) is 16.4. The molecule has 0 saturated carbocycles. The highest BCUT2D eigenvalue weighted by atomic mass is 32.2. The van der Waals surface area contributed by atoms with E-state index in [9.17, 15) is 12.8 Å². The van der Waals surface area contributed by atoms with Crippen molar-refractivity contribution in [3.8, 4) is 23.0 Å². The number of hydrogen-bond acceptors (Lipinski definition) is 7. The smallest absolute Gasteiger partial charge is 0.236 e. The van der Waals surface area contributed by atoms with Crippen molar-refractivity contribution in [3.05, 3.63) is 48.3 Å². The SMILES string of the molecule is O=S(=O)(c1ccc2c(c1)OCCO2)c1nc(-c2ccccc2F)oc1N1CCCCC1. The summed E-state index contributed by atoms with van der Waals surface area (Å²) in [7, 11) is -4.06. The van der Waals surface area contributed by atoms with Crippen LogP contribution in [0, 0.1) is 5.82 Å². The number of anilines is 1. The minimum Gasteiger partial charge on any atom is -0.486 e. The number of ether oxygens (including phenoxy) is 2. The van der Waals surface area contributed by atoms with Crippen LogP contribution in [-0.4, -0.2) is 39.7 Å². The van der Waals surface area contributed by atoms with Gasteiger partial charge in [0.2, 0.25) is 26.6 Å². The van der Waals surface area contributed by atoms with Gasteiger partial charge in [-0.15, -0.1) is 0 Å². The van der Waals surface area contributed by atoms with Gasteiger partial charge >= 0.3 is 0 Å². The highest BCUT2D eigenvalue weighted by molar-refractivity contribution is 7.91. The molecule has 0 atom stereocenters. The fraction of sp³-hybridized carbons (Fsp3) is 0.318. The highest BCUT2D eigenvalue weighted by Gasteiger charge is 2.33. The molecule has 1 aromatic heterocycles. The predicted octanol–water partition coefficient (Wildman–Crippen LogP) is 4.08. The van der Waals surface area contributed by atoms with Gasteiger partial charge in [0.15, 0.2) is 11.5 Å². The Morgan fingerprint density at radius 3 is 2.45 bits per heavy atom. The van der Waals surface area contributed by atoms with Gasteiger partial charge in [-0.25, -0.2) is 12.8 Å². The van der Waals surface area contributed by atoms with Crippen LogP contribution in [0.5, 0.6) is 11.5 Å². The van der Waals surface area contributed by atoms with E-state index in [-0.39, 0.29) is 27.3 Å². The molecule has 0 N–H and O–H groups in total. The number of aromatic nitrogens is 1. The van der Waals surface area contributed by atoms with Crippen molar-refractivity contribution in [2.75, 3.05) is 31.2 Å². The Bertz CT molecular complexity index is 1220. The Kier molecular flexibility index (Phi) is 5.05. The molecule has 5 rings (SSSR count). The van der Waals surface area contributed by atoms with Crippen LogP contribution in [0.1, 0.15) is 19.3 Å². The summed E-state index contributed by atoms with van der Waals surface area (Å²) in [4.78, 5) is 6.15. The van der Waals surface area contributed by atoms with Gasteiger partial charge < -0.3 is 18.8 Å². The molecule has 9 heteroatoms. The van der Waals surface area contributed by atoms with Gasteiger partial charge in [-0.3, -0.25) is 0 Å². The first kappa shape index (κ1) is 19.9. The number of halogens is 1. The van der Waals surface area contributed by atoms with Crippen molar-refractivity contribution < 1.29 is 26.7 Å². The summed E-state index contributed by atoms with van der Waals surface area (Å²) in [6.07, 6.45) is 2.90. The summed E-state index contributed by atoms with van der Waals surface area (Å²) < 4.78 is 58.4. The summed E-state index contributed by atoms with van der Waals surface area (Å²) in [5.41, 5.74) is 0.115. The van der Waals surface area contributed by atoms with E-state index < -0.39 is 15.7 Å². The number of rotatable bonds is 4. The first-order chi connectivity index (χ1) is 15.0. The second-order valence-electron chi connectivity index (χ2n) is 7.47. The molecule has 1 fully saturated rings. The van der Waals surface area contributed by atoms with Crippen LogP contribution in [-0.2, 0) is 9.84 Å². The maximum atomic E-state index is 14.4. The zero-order valence-corrected chi connectivity index (χ0v) is 17.5. The number of sulfone groups is 1. The van der Waals surface area contributed by atoms with Crippen LogP contribution < -0.4 is 14.4 Å². The molecule has 3 heterocycles. The Morgan fingerprint density at radius 2 is 1.68 bits per heavy atom. The fourth-order valence-electron chi connectivity index (χ4n) is 3.82. The molecule has 31 heavy (non-hydrogen) atoms. The lowest BCUT2D eigenvalue weighted by molar-refractivity contribution is 0.171. The summed E-state index contributed by atoms with van der Waals surface area (Å²) in [6.45, 7) is 2.05. The van der Waals surface area contributed by atoms with Gasteiger partial charge in [0.25, 0.3) is 0 Å². The summed E-state index contributed by atoms with van der Waals surface area (Å²) in [6, 6.07) is 10.5. The zero-order valence-electron chi connectivity index (χ0n) is 16.7. The monoisotopic (exact) mass is 444 g/mol. The molecule has 0 bridgehead atoms. The highest BCUT2D eigenvalue weighted by Crippen LogP contribution is 2.39. The third kappa shape index (κ3) is 3.63. The number of nitrogens with zero attached hydrogens (tertiary/aromatic N) is 2. The lowest BCUT2D eigenvalue weighted by atomic mass is 10.1. The number of fused-ring (bicyclic) bond motifs is 1. The first-order valence-electron chi connectivity index (χ1n) is 10.2. The van der Waals surface area contributed by atoms with Crippen molar-refractivity contribution in [1.29, 1.82) is 0 Å². The van der Waals surface area contributed by atoms with Crippen LogP contribution in [0.3, 0.4) is 0 Å². The maximum Gasteiger partial charge on any atom is 0.236 e. The average molecular weight is 444 g/mol. The molecule has 0 unspecified atom stereocenters. The second kappa shape index (κ2) is 7.88. The van der Waals surface area contributed by atoms with E-state index in [1.807, 2.05) is 4.90 Å². The van der Waals surface area contributed by atoms with Crippen LogP contribution in [0.2, 0.25) is 0 Å². The van der Waals surface area contributed by atoms with Crippen molar-refractivity contribution in [2.45, 2.75) is 29.2 Å². The Hall–Kier alpha value is -3.07. The van der Waals surface area contributed by atoms with Gasteiger partial charge in [-0.05, 0) is 43.5 Å². The molecule has 0 amide bonds. The Morgan fingerprint density at radius 1 is 0.935 bits per heavy atom. The van der Waals surface area contributed by atoms with E-state index in [0.29, 0.717) is 37.8 Å². The topological polar surface area (TPSA) is 81.9 Å². The first-order valence-corrected chi connectivity index (χ1v) is 11.7. The summed E-state index contributed by atoms with van der Waals surface area (Å²) in [5, 5.41) is -0.218. The van der Waals surface area contributed by atoms with E-state index in [4.69, 9.17) is 13.9 Å². The lowest BCUT2D eigenvalue weighted by Gasteiger charge is -2.26. The number of hydrogen-bond donors (Lipinski definition) is 0. The van der Waals surface area contributed by atoms with Gasteiger partial charge in [-0.1, -0.05) is 12.1 Å². The fourth-order valence-corrected chi connectivity index (χ4v) is 5.16. The molecule has 0 spiro atoms. The standard InChI is InChI=1S/C22H21FN2O5S/c23-17-7-3-2-6-16(17)20-24-21(22(30-20)25-10-4-1-5-11-25)31(26,27)15-8-9-18-19(14-15)29-13-12-28-18/h2-3,6-9,14H,1,4-5,10-13H2. The van der Waals surface area contributed by atoms with Crippen LogP contribution >= 0.6 is 0 Å². The van der Waals surface area contributed by atoms with Crippen LogP contribution in [0.4, 0.5) is 10.3 Å². The van der Waals surface area contributed by atoms with E-state index in [2.05, 4.69) is 4.98 Å². The average Bonchev–Trinajstić information content (AvgIpc) is 3.26. The number of piperidine rings is 1. The second-order valence-corrected chi connectivity index (χ2v) is 9.33. The Labute approximate surface area is 179 Å². The molecular weight excluding hydrogens is 423 g/mol. The molecule has 0 aliphatic carbocycles. The zero-order chi connectivity index (χ0) is 21.4. The molecule has 2 aliphatic rings. The molecule has 7 nitrogen and oxygen atoms in total. The van der Waals surface area contributed by atoms with E-state index in [1.54, 1.807) is 18.2 Å². The van der Waals surface area contributed by atoms with Crippen molar-refractivity contribution in [2.24, 2.45) is 0 Å². The van der Waals surface area contributed by atoms with Gasteiger partial charge in [0.1, 0.15) is 19.0 Å². The van der Waals surface area contributed by atoms with E-state index >= 15 is 0 Å². The quantitative estimate of drug-likeness (QED) is 0.600. The van der Waals surface area contributed by atoms with Crippen molar-refractivity contribution >= 4 is 15.7 Å². The van der Waals surface area contributed by atoms with Gasteiger partial charge in [0, 0.05) is 19.2 Å². The molecular formula is C22H21FN2O5S. The lowest BCUT2D eigenvalue weighted by Crippen LogP contribution is -2.30. The van der Waals surface area contributed by atoms with Crippen molar-refractivity contribution in [1.82, 2.24) is 4.98 Å². The van der Waals surface area contributed by atoms with Crippen LogP contribution in [0.25, 0.3) is 11.5 Å². The van der Waals surface area contributed by atoms with E-state index in [1.165, 1.54) is 24.3 Å².